The minimum atomic E-state index is -4.56. The number of carbonyl (C=O) groups is 1. The van der Waals surface area contributed by atoms with E-state index in [0.29, 0.717) is 17.1 Å². The molecule has 0 unspecified atom stereocenters. The number of benzene rings is 2. The van der Waals surface area contributed by atoms with Crippen LogP contribution in [0, 0.1) is 0 Å². The summed E-state index contributed by atoms with van der Waals surface area (Å²) in [5, 5.41) is 2.23. The van der Waals surface area contributed by atoms with E-state index in [2.05, 4.69) is 5.32 Å². The van der Waals surface area contributed by atoms with Gasteiger partial charge in [0.25, 0.3) is 0 Å². The van der Waals surface area contributed by atoms with Gasteiger partial charge < -0.3 is 14.8 Å². The fraction of sp³-hybridized carbons (Fsp3) is 0.167. The molecule has 138 valence electrons. The van der Waals surface area contributed by atoms with Crippen molar-refractivity contribution in [2.45, 2.75) is 6.18 Å². The summed E-state index contributed by atoms with van der Waals surface area (Å²) < 4.78 is 48.7. The van der Waals surface area contributed by atoms with Crippen molar-refractivity contribution < 1.29 is 27.4 Å². The van der Waals surface area contributed by atoms with E-state index >= 15 is 0 Å². The quantitative estimate of drug-likeness (QED) is 0.549. The fourth-order valence-electron chi connectivity index (χ4n) is 2.13. The molecule has 0 aliphatic heterocycles. The Kier molecular flexibility index (Phi) is 6.15. The number of hydrogen-bond donors (Lipinski definition) is 1. The van der Waals surface area contributed by atoms with Crippen LogP contribution in [0.15, 0.2) is 48.7 Å². The van der Waals surface area contributed by atoms with Crippen LogP contribution in [0.2, 0.25) is 5.02 Å². The monoisotopic (exact) mass is 385 g/mol. The summed E-state index contributed by atoms with van der Waals surface area (Å²) in [5.41, 5.74) is -0.463. The van der Waals surface area contributed by atoms with Crippen molar-refractivity contribution >= 4 is 23.1 Å². The number of carbonyl (C=O) groups excluding carboxylic acids is 1. The van der Waals surface area contributed by atoms with Gasteiger partial charge in [-0.2, -0.15) is 13.2 Å². The molecule has 0 heterocycles. The predicted octanol–water partition coefficient (Wildman–Crippen LogP) is 5.18. The average Bonchev–Trinajstić information content (AvgIpc) is 2.61. The number of allylic oxidation sites excluding steroid dienone is 1. The van der Waals surface area contributed by atoms with Gasteiger partial charge in [-0.3, -0.25) is 4.79 Å². The summed E-state index contributed by atoms with van der Waals surface area (Å²) in [4.78, 5) is 12.2. The van der Waals surface area contributed by atoms with Crippen LogP contribution in [0.1, 0.15) is 15.9 Å². The second-order valence-electron chi connectivity index (χ2n) is 5.10. The molecule has 2 aromatic rings. The van der Waals surface area contributed by atoms with Crippen LogP contribution < -0.4 is 14.8 Å². The van der Waals surface area contributed by atoms with Gasteiger partial charge >= 0.3 is 6.18 Å². The standard InChI is InChI=1S/C18H15ClF3NO3/c1-25-16-6-3-11(9-17(16)26-2)15(24)7-8-23-12-4-5-14(19)13(10-12)18(20,21)22/h3-10,23H,1-2H3/b8-7+. The van der Waals surface area contributed by atoms with E-state index < -0.39 is 16.8 Å². The number of alkyl halides is 3. The molecule has 0 amide bonds. The number of rotatable bonds is 6. The molecule has 8 heteroatoms. The zero-order valence-corrected chi connectivity index (χ0v) is 14.6. The van der Waals surface area contributed by atoms with Gasteiger partial charge in [-0.05, 0) is 36.4 Å². The number of ether oxygens (including phenoxy) is 2. The maximum absolute atomic E-state index is 12.8. The van der Waals surface area contributed by atoms with Gasteiger partial charge in [0, 0.05) is 23.5 Å². The lowest BCUT2D eigenvalue weighted by atomic mass is 10.1. The first-order valence-corrected chi connectivity index (χ1v) is 7.70. The molecule has 0 aromatic heterocycles. The van der Waals surface area contributed by atoms with E-state index in [4.69, 9.17) is 21.1 Å². The Balaban J connectivity index is 2.12. The highest BCUT2D eigenvalue weighted by Crippen LogP contribution is 2.36. The van der Waals surface area contributed by atoms with Crippen molar-refractivity contribution in [2.75, 3.05) is 19.5 Å². The van der Waals surface area contributed by atoms with E-state index in [1.165, 1.54) is 38.6 Å². The van der Waals surface area contributed by atoms with Gasteiger partial charge in [0.05, 0.1) is 24.8 Å². The Morgan fingerprint density at radius 1 is 1.08 bits per heavy atom. The van der Waals surface area contributed by atoms with Crippen LogP contribution in [-0.2, 0) is 6.18 Å². The highest BCUT2D eigenvalue weighted by atomic mass is 35.5. The zero-order chi connectivity index (χ0) is 19.3. The highest BCUT2D eigenvalue weighted by Gasteiger charge is 2.33. The second kappa shape index (κ2) is 8.14. The third-order valence-corrected chi connectivity index (χ3v) is 3.75. The third-order valence-electron chi connectivity index (χ3n) is 3.42. The van der Waals surface area contributed by atoms with Crippen molar-refractivity contribution in [3.8, 4) is 11.5 Å². The smallest absolute Gasteiger partial charge is 0.417 e. The van der Waals surface area contributed by atoms with E-state index in [0.717, 1.165) is 12.1 Å². The molecule has 0 fully saturated rings. The number of hydrogen-bond acceptors (Lipinski definition) is 4. The van der Waals surface area contributed by atoms with Crippen LogP contribution >= 0.6 is 11.6 Å². The Bertz CT molecular complexity index is 835. The molecule has 26 heavy (non-hydrogen) atoms. The van der Waals surface area contributed by atoms with Gasteiger partial charge in [-0.25, -0.2) is 0 Å². The summed E-state index contributed by atoms with van der Waals surface area (Å²) in [6, 6.07) is 8.03. The topological polar surface area (TPSA) is 47.6 Å². The van der Waals surface area contributed by atoms with Crippen molar-refractivity contribution in [3.63, 3.8) is 0 Å². The summed E-state index contributed by atoms with van der Waals surface area (Å²) in [5.74, 6) is 0.516. The van der Waals surface area contributed by atoms with Gasteiger partial charge in [-0.1, -0.05) is 11.6 Å². The number of ketones is 1. The number of methoxy groups -OCH3 is 2. The lowest BCUT2D eigenvalue weighted by molar-refractivity contribution is -0.137. The van der Waals surface area contributed by atoms with Crippen molar-refractivity contribution in [2.24, 2.45) is 0 Å². The first kappa shape index (κ1) is 19.7. The molecule has 2 rings (SSSR count). The third kappa shape index (κ3) is 4.70. The van der Waals surface area contributed by atoms with Gasteiger partial charge in [0.15, 0.2) is 17.3 Å². The van der Waals surface area contributed by atoms with Crippen LogP contribution in [0.4, 0.5) is 18.9 Å². The molecule has 0 spiro atoms. The van der Waals surface area contributed by atoms with Crippen LogP contribution in [-0.4, -0.2) is 20.0 Å². The predicted molar refractivity (Wildman–Crippen MR) is 93.1 cm³/mol. The lowest BCUT2D eigenvalue weighted by Gasteiger charge is -2.10. The Labute approximate surface area is 153 Å². The maximum Gasteiger partial charge on any atom is 0.417 e. The molecule has 0 bridgehead atoms. The minimum Gasteiger partial charge on any atom is -0.493 e. The van der Waals surface area contributed by atoms with Crippen LogP contribution in [0.5, 0.6) is 11.5 Å². The minimum absolute atomic E-state index is 0.151. The Morgan fingerprint density at radius 2 is 1.77 bits per heavy atom. The molecular formula is C18H15ClF3NO3. The molecule has 0 atom stereocenters. The van der Waals surface area contributed by atoms with Crippen LogP contribution in [0.3, 0.4) is 0 Å². The summed E-state index contributed by atoms with van der Waals surface area (Å²) in [7, 11) is 2.92. The highest BCUT2D eigenvalue weighted by molar-refractivity contribution is 6.31. The number of anilines is 1. The summed E-state index contributed by atoms with van der Waals surface area (Å²) >= 11 is 5.56. The number of nitrogens with one attached hydrogen (secondary N) is 1. The first-order chi connectivity index (χ1) is 12.3. The van der Waals surface area contributed by atoms with E-state index in [-0.39, 0.29) is 11.5 Å². The molecule has 0 radical (unpaired) electrons. The summed E-state index contributed by atoms with van der Waals surface area (Å²) in [6.45, 7) is 0. The van der Waals surface area contributed by atoms with Gasteiger partial charge in [0.2, 0.25) is 0 Å². The zero-order valence-electron chi connectivity index (χ0n) is 13.9. The molecule has 0 saturated carbocycles. The molecule has 1 N–H and O–H groups in total. The van der Waals surface area contributed by atoms with E-state index in [1.54, 1.807) is 12.1 Å². The van der Waals surface area contributed by atoms with Crippen molar-refractivity contribution in [1.82, 2.24) is 0 Å². The molecule has 4 nitrogen and oxygen atoms in total. The van der Waals surface area contributed by atoms with Crippen molar-refractivity contribution in [3.05, 3.63) is 64.8 Å². The molecule has 0 aliphatic carbocycles. The molecule has 2 aromatic carbocycles. The molecule has 0 aliphatic rings. The van der Waals surface area contributed by atoms with Gasteiger partial charge in [-0.15, -0.1) is 0 Å². The van der Waals surface area contributed by atoms with E-state index in [9.17, 15) is 18.0 Å². The maximum atomic E-state index is 12.8. The Hall–Kier alpha value is -2.67. The average molecular weight is 386 g/mol. The largest absolute Gasteiger partial charge is 0.493 e. The van der Waals surface area contributed by atoms with Crippen LogP contribution in [0.25, 0.3) is 0 Å². The van der Waals surface area contributed by atoms with E-state index in [1.807, 2.05) is 0 Å². The fourth-order valence-corrected chi connectivity index (χ4v) is 2.36. The van der Waals surface area contributed by atoms with Gasteiger partial charge in [0.1, 0.15) is 0 Å². The SMILES string of the molecule is COc1ccc(C(=O)/C=C/Nc2ccc(Cl)c(C(F)(F)F)c2)cc1OC. The molecule has 0 saturated heterocycles. The Morgan fingerprint density at radius 3 is 2.38 bits per heavy atom. The first-order valence-electron chi connectivity index (χ1n) is 7.32. The van der Waals surface area contributed by atoms with Crippen molar-refractivity contribution in [1.29, 1.82) is 0 Å². The number of halogens is 4. The lowest BCUT2D eigenvalue weighted by Crippen LogP contribution is -2.06. The molecular weight excluding hydrogens is 371 g/mol. The normalized spacial score (nSPS) is 11.5. The summed E-state index contributed by atoms with van der Waals surface area (Å²) in [6.07, 6.45) is -2.11. The second-order valence-corrected chi connectivity index (χ2v) is 5.51.